The number of aromatic nitrogens is 3. The number of methoxy groups -OCH3 is 1. The monoisotopic (exact) mass is 1680 g/mol. The van der Waals surface area contributed by atoms with E-state index in [0.29, 0.717) is 0 Å². The summed E-state index contributed by atoms with van der Waals surface area (Å²) in [6.07, 6.45) is 0. The van der Waals surface area contributed by atoms with Crippen molar-refractivity contribution in [2.45, 2.75) is 78.6 Å². The van der Waals surface area contributed by atoms with E-state index >= 15 is 0 Å². The first-order valence-corrected chi connectivity index (χ1v) is 45.9. The van der Waals surface area contributed by atoms with E-state index in [4.69, 9.17) is 4.74 Å². The molecule has 3 aromatic heterocycles. The van der Waals surface area contributed by atoms with Crippen molar-refractivity contribution in [3.63, 3.8) is 0 Å². The second kappa shape index (κ2) is 32.6. The highest BCUT2D eigenvalue weighted by atomic mass is 16.5. The Bertz CT molecular complexity index is 8210. The summed E-state index contributed by atoms with van der Waals surface area (Å²) in [5, 5.41) is 22.9. The lowest BCUT2D eigenvalue weighted by Crippen LogP contribution is -2.16. The van der Waals surface area contributed by atoms with Crippen LogP contribution in [0, 0.1) is 0 Å². The molecule has 24 aromatic rings. The summed E-state index contributed by atoms with van der Waals surface area (Å²) in [5.41, 5.74) is 30.3. The molecule has 21 aromatic carbocycles. The number of nitrogens with zero attached hydrogens (tertiary/aromatic N) is 3. The molecule has 24 rings (SSSR count). The first-order valence-electron chi connectivity index (χ1n) is 45.9. The number of benzene rings is 21. The highest BCUT2D eigenvalue weighted by Crippen LogP contribution is 2.50. The predicted octanol–water partition coefficient (Wildman–Crippen LogP) is 35.2. The molecule has 0 radical (unpaired) electrons. The molecule has 0 atom stereocenters. The minimum atomic E-state index is 0.0413. The van der Waals surface area contributed by atoms with Crippen LogP contribution >= 0.6 is 0 Å². The normalized spacial score (nSPS) is 12.0. The molecule has 0 amide bonds. The summed E-state index contributed by atoms with van der Waals surface area (Å²) in [6.45, 7) is 20.7. The molecular weight excluding hydrogens is 1580 g/mol. The van der Waals surface area contributed by atoms with Crippen molar-refractivity contribution >= 4 is 130 Å². The van der Waals surface area contributed by atoms with Gasteiger partial charge in [0.2, 0.25) is 0 Å². The lowest BCUT2D eigenvalue weighted by molar-refractivity contribution is 0.415. The predicted molar refractivity (Wildman–Crippen MR) is 563 cm³/mol. The molecule has 0 aliphatic heterocycles. The molecule has 0 N–H and O–H groups in total. The number of para-hydroxylation sites is 6. The Kier molecular flexibility index (Phi) is 20.2. The third kappa shape index (κ3) is 14.3. The second-order valence-electron chi connectivity index (χ2n) is 38.1. The van der Waals surface area contributed by atoms with E-state index in [0.717, 1.165) is 11.4 Å². The van der Waals surface area contributed by atoms with Gasteiger partial charge in [0.1, 0.15) is 5.75 Å². The average molecular weight is 1690 g/mol. The molecule has 131 heavy (non-hydrogen) atoms. The van der Waals surface area contributed by atoms with Crippen LogP contribution in [0.1, 0.15) is 79.0 Å². The van der Waals surface area contributed by atoms with Crippen LogP contribution < -0.4 is 4.74 Å². The van der Waals surface area contributed by atoms with E-state index in [1.807, 2.05) is 12.1 Å². The van der Waals surface area contributed by atoms with Crippen LogP contribution in [0.2, 0.25) is 0 Å². The fourth-order valence-electron chi connectivity index (χ4n) is 20.7. The summed E-state index contributed by atoms with van der Waals surface area (Å²) in [6, 6.07) is 158. The van der Waals surface area contributed by atoms with Gasteiger partial charge in [-0.1, -0.05) is 408 Å². The van der Waals surface area contributed by atoms with Crippen molar-refractivity contribution in [1.82, 2.24) is 13.7 Å². The van der Waals surface area contributed by atoms with E-state index in [9.17, 15) is 0 Å². The maximum absolute atomic E-state index is 5.44. The van der Waals surface area contributed by atoms with Crippen molar-refractivity contribution in [2.24, 2.45) is 0 Å². The van der Waals surface area contributed by atoms with E-state index in [1.54, 1.807) is 7.11 Å². The number of ether oxygens (including phenoxy) is 1. The Morgan fingerprint density at radius 3 is 0.519 bits per heavy atom. The molecule has 0 saturated carbocycles. The Morgan fingerprint density at radius 2 is 0.328 bits per heavy atom. The standard InChI is InChI=1S/C46H41N.C42H33N.C39H27NO/c1-45(2,3)32-27-31(28-33(29-32)46(4,5)6)44-39-19-9-7-17-37(39)43(38-18-8-10-20-40(38)44)30-23-25-34(26-24-30)47-41-21-13-11-15-35(41)36-16-12-14-22-42(36)47;1-42(2,3)30-24-20-28(21-25-30)40-34-14-4-6-16-36(34)41(37-17-7-5-15-35(37)40)29-22-26-31(27-23-29)43-38-18-10-8-12-32(38)33-13-9-11-19-39(33)43;1-41-29-24-20-27(21-25-29)39-34-14-4-2-12-32(34)38(33-13-3-5-15-35(33)39)26-18-22-28(23-19-26)40-36-16-8-6-10-30(36)31-11-7-9-17-37(31)40/h7-29H,1-6H3;4-27H,1-3H3;2-25H,1H3. The first kappa shape index (κ1) is 81.2. The van der Waals surface area contributed by atoms with Crippen molar-refractivity contribution in [3.8, 4) is 89.6 Å². The van der Waals surface area contributed by atoms with E-state index in [1.165, 1.54) is 225 Å². The first-order chi connectivity index (χ1) is 63.9. The van der Waals surface area contributed by atoms with Crippen LogP contribution in [0.15, 0.2) is 431 Å². The lowest BCUT2D eigenvalue weighted by Gasteiger charge is -2.27. The minimum Gasteiger partial charge on any atom is -0.497 e. The van der Waals surface area contributed by atoms with E-state index in [-0.39, 0.29) is 16.2 Å². The molecule has 0 aliphatic rings. The van der Waals surface area contributed by atoms with Crippen molar-refractivity contribution in [2.75, 3.05) is 7.11 Å². The maximum atomic E-state index is 5.44. The van der Waals surface area contributed by atoms with Gasteiger partial charge in [-0.3, -0.25) is 0 Å². The molecule has 0 unspecified atom stereocenters. The Hall–Kier alpha value is -15.6. The number of hydrogen-bond donors (Lipinski definition) is 0. The van der Waals surface area contributed by atoms with Gasteiger partial charge in [-0.25, -0.2) is 0 Å². The number of hydrogen-bond acceptors (Lipinski definition) is 1. The van der Waals surface area contributed by atoms with Crippen LogP contribution in [0.25, 0.3) is 214 Å². The van der Waals surface area contributed by atoms with Gasteiger partial charge in [0.15, 0.2) is 0 Å². The third-order valence-corrected chi connectivity index (χ3v) is 27.1. The SMILES string of the molecule is CC(C)(C)c1cc(-c2c3ccccc3c(-c3ccc(-n4c5ccccc5c5ccccc54)cc3)c3ccccc23)cc(C(C)(C)C)c1.CC(C)(C)c1ccc(-c2c3ccccc3c(-c3ccc(-n4c5ccccc5c5ccccc54)cc3)c3ccccc23)cc1.COc1ccc(-c2c3ccccc3c(-c3ccc(-n4c5ccccc5c5ccccc54)cc3)c3ccccc23)cc1. The van der Waals surface area contributed by atoms with E-state index < -0.39 is 0 Å². The number of rotatable bonds is 10. The number of fused-ring (bicyclic) bond motifs is 15. The van der Waals surface area contributed by atoms with Gasteiger partial charge in [-0.15, -0.1) is 0 Å². The summed E-state index contributed by atoms with van der Waals surface area (Å²) in [7, 11) is 1.71. The van der Waals surface area contributed by atoms with Crippen LogP contribution in [0.5, 0.6) is 5.75 Å². The van der Waals surface area contributed by atoms with E-state index in [2.05, 4.69) is 495 Å². The van der Waals surface area contributed by atoms with Crippen LogP contribution in [-0.2, 0) is 16.2 Å². The molecule has 0 spiro atoms. The van der Waals surface area contributed by atoms with Crippen LogP contribution in [0.3, 0.4) is 0 Å². The molecule has 0 fully saturated rings. The van der Waals surface area contributed by atoms with Gasteiger partial charge in [0.25, 0.3) is 0 Å². The highest BCUT2D eigenvalue weighted by molar-refractivity contribution is 6.25. The van der Waals surface area contributed by atoms with Crippen molar-refractivity contribution in [3.05, 3.63) is 447 Å². The lowest BCUT2D eigenvalue weighted by atomic mass is 9.77. The van der Waals surface area contributed by atoms with Gasteiger partial charge in [-0.05, 0) is 249 Å². The maximum Gasteiger partial charge on any atom is 0.118 e. The summed E-state index contributed by atoms with van der Waals surface area (Å²) in [5.74, 6) is 0.863. The summed E-state index contributed by atoms with van der Waals surface area (Å²) < 4.78 is 12.6. The fourth-order valence-corrected chi connectivity index (χ4v) is 20.7. The van der Waals surface area contributed by atoms with Gasteiger partial charge in [0.05, 0.1) is 40.2 Å². The molecule has 4 nitrogen and oxygen atoms in total. The fraction of sp³-hybridized carbons (Fsp3) is 0.102. The van der Waals surface area contributed by atoms with Crippen molar-refractivity contribution < 1.29 is 4.74 Å². The smallest absolute Gasteiger partial charge is 0.118 e. The van der Waals surface area contributed by atoms with Gasteiger partial charge < -0.3 is 18.4 Å². The third-order valence-electron chi connectivity index (χ3n) is 27.1. The average Bonchev–Trinajstić information content (AvgIpc) is 1.55. The zero-order valence-corrected chi connectivity index (χ0v) is 75.7. The highest BCUT2D eigenvalue weighted by Gasteiger charge is 2.27. The second-order valence-corrected chi connectivity index (χ2v) is 38.1. The van der Waals surface area contributed by atoms with Gasteiger partial charge >= 0.3 is 0 Å². The topological polar surface area (TPSA) is 24.0 Å². The molecule has 4 heteroatoms. The zero-order chi connectivity index (χ0) is 89.0. The Morgan fingerprint density at radius 1 is 0.160 bits per heavy atom. The molecule has 630 valence electrons. The molecule has 3 heterocycles. The van der Waals surface area contributed by atoms with Crippen LogP contribution in [0.4, 0.5) is 0 Å². The zero-order valence-electron chi connectivity index (χ0n) is 75.7. The van der Waals surface area contributed by atoms with Crippen molar-refractivity contribution in [1.29, 1.82) is 0 Å². The molecule has 0 aliphatic carbocycles. The molecule has 0 bridgehead atoms. The summed E-state index contributed by atoms with van der Waals surface area (Å²) >= 11 is 0. The molecular formula is C127H101N3O. The van der Waals surface area contributed by atoms with Gasteiger partial charge in [-0.2, -0.15) is 0 Å². The molecule has 0 saturated heterocycles. The van der Waals surface area contributed by atoms with Gasteiger partial charge in [0, 0.05) is 49.4 Å². The summed E-state index contributed by atoms with van der Waals surface area (Å²) in [4.78, 5) is 0. The largest absolute Gasteiger partial charge is 0.497 e. The quantitative estimate of drug-likeness (QED) is 0.125. The minimum absolute atomic E-state index is 0.0413. The Balaban J connectivity index is 0.000000115. The Labute approximate surface area is 765 Å². The van der Waals surface area contributed by atoms with Crippen LogP contribution in [-0.4, -0.2) is 20.8 Å².